The molecule has 0 unspecified atom stereocenters. The van der Waals surface area contributed by atoms with Crippen molar-refractivity contribution in [2.24, 2.45) is 0 Å². The van der Waals surface area contributed by atoms with E-state index in [4.69, 9.17) is 0 Å². The first-order valence-corrected chi connectivity index (χ1v) is 5.49. The Kier molecular flexibility index (Phi) is 2.70. The number of benzene rings is 1. The highest BCUT2D eigenvalue weighted by atomic mass is 16.9. The second-order valence-electron chi connectivity index (χ2n) is 3.84. The summed E-state index contributed by atoms with van der Waals surface area (Å²) in [6.07, 6.45) is 1.04. The van der Waals surface area contributed by atoms with Crippen LogP contribution in [-0.2, 0) is 19.3 Å². The average molecular weight is 256 g/mol. The van der Waals surface area contributed by atoms with Gasteiger partial charge in [-0.3, -0.25) is 0 Å². The molecule has 1 N–H and O–H groups in total. The lowest BCUT2D eigenvalue weighted by Gasteiger charge is -2.04. The summed E-state index contributed by atoms with van der Waals surface area (Å²) in [5.74, 6) is -1.45. The SMILES string of the molecule is O=C1C=C(c2ccc3ccccc3n2)C(=O)ONO1. The summed E-state index contributed by atoms with van der Waals surface area (Å²) >= 11 is 0. The molecule has 6 heteroatoms. The van der Waals surface area contributed by atoms with Gasteiger partial charge in [0.1, 0.15) is 0 Å². The first kappa shape index (κ1) is 11.4. The van der Waals surface area contributed by atoms with Gasteiger partial charge in [0.15, 0.2) is 0 Å². The second-order valence-corrected chi connectivity index (χ2v) is 3.84. The molecule has 0 radical (unpaired) electrons. The molecule has 0 fully saturated rings. The summed E-state index contributed by atoms with van der Waals surface area (Å²) in [6.45, 7) is 0. The molecular formula is C13H8N2O4. The van der Waals surface area contributed by atoms with E-state index in [1.165, 1.54) is 0 Å². The van der Waals surface area contributed by atoms with E-state index in [0.717, 1.165) is 17.0 Å². The minimum atomic E-state index is -0.728. The highest BCUT2D eigenvalue weighted by Crippen LogP contribution is 2.19. The molecule has 2 aromatic rings. The van der Waals surface area contributed by atoms with E-state index in [1.807, 2.05) is 30.3 Å². The van der Waals surface area contributed by atoms with Crippen LogP contribution in [0.4, 0.5) is 0 Å². The molecule has 1 aliphatic rings. The van der Waals surface area contributed by atoms with Crippen LogP contribution in [0.15, 0.2) is 42.5 Å². The van der Waals surface area contributed by atoms with Crippen LogP contribution in [0, 0.1) is 0 Å². The van der Waals surface area contributed by atoms with E-state index in [1.54, 1.807) is 11.7 Å². The van der Waals surface area contributed by atoms with E-state index in [0.29, 0.717) is 5.69 Å². The summed E-state index contributed by atoms with van der Waals surface area (Å²) < 4.78 is 0. The highest BCUT2D eigenvalue weighted by molar-refractivity contribution is 6.20. The summed E-state index contributed by atoms with van der Waals surface area (Å²) in [5.41, 5.74) is 2.92. The van der Waals surface area contributed by atoms with Crippen LogP contribution in [0.5, 0.6) is 0 Å². The monoisotopic (exact) mass is 256 g/mol. The van der Waals surface area contributed by atoms with Crippen molar-refractivity contribution in [1.29, 1.82) is 0 Å². The molecule has 2 heterocycles. The molecule has 0 atom stereocenters. The first-order chi connectivity index (χ1) is 9.24. The van der Waals surface area contributed by atoms with Crippen molar-refractivity contribution in [3.8, 4) is 0 Å². The van der Waals surface area contributed by atoms with Crippen molar-refractivity contribution in [3.63, 3.8) is 0 Å². The summed E-state index contributed by atoms with van der Waals surface area (Å²) in [7, 11) is 0. The molecule has 0 bridgehead atoms. The molecule has 6 nitrogen and oxygen atoms in total. The van der Waals surface area contributed by atoms with Gasteiger partial charge in [-0.25, -0.2) is 14.6 Å². The second kappa shape index (κ2) is 4.51. The number of carbonyl (C=O) groups excluding carboxylic acids is 2. The van der Waals surface area contributed by atoms with Crippen LogP contribution in [0.1, 0.15) is 5.69 Å². The quantitative estimate of drug-likeness (QED) is 0.824. The molecule has 0 saturated heterocycles. The minimum Gasteiger partial charge on any atom is -0.331 e. The summed E-state index contributed by atoms with van der Waals surface area (Å²) in [6, 6.07) is 10.9. The molecule has 0 saturated carbocycles. The third-order valence-corrected chi connectivity index (χ3v) is 2.63. The molecular weight excluding hydrogens is 248 g/mol. The number of fused-ring (bicyclic) bond motifs is 1. The predicted molar refractivity (Wildman–Crippen MR) is 65.0 cm³/mol. The summed E-state index contributed by atoms with van der Waals surface area (Å²) in [5, 5.41) is 0.939. The van der Waals surface area contributed by atoms with Gasteiger partial charge in [-0.2, -0.15) is 0 Å². The molecule has 3 rings (SSSR count). The van der Waals surface area contributed by atoms with E-state index in [-0.39, 0.29) is 5.57 Å². The van der Waals surface area contributed by atoms with Crippen LogP contribution < -0.4 is 5.64 Å². The molecule has 1 aliphatic heterocycles. The Bertz CT molecular complexity index is 709. The van der Waals surface area contributed by atoms with E-state index >= 15 is 0 Å². The maximum absolute atomic E-state index is 11.7. The molecule has 0 spiro atoms. The van der Waals surface area contributed by atoms with Crippen LogP contribution >= 0.6 is 0 Å². The number of rotatable bonds is 1. The van der Waals surface area contributed by atoms with Crippen LogP contribution in [0.25, 0.3) is 16.5 Å². The van der Waals surface area contributed by atoms with Crippen LogP contribution in [0.3, 0.4) is 0 Å². The number of para-hydroxylation sites is 1. The number of aromatic nitrogens is 1. The molecule has 0 aliphatic carbocycles. The lowest BCUT2D eigenvalue weighted by Crippen LogP contribution is -2.19. The fraction of sp³-hybridized carbons (Fsp3) is 0. The molecule has 94 valence electrons. The maximum Gasteiger partial charge on any atom is 0.362 e. The van der Waals surface area contributed by atoms with E-state index < -0.39 is 11.9 Å². The number of hydrogen-bond acceptors (Lipinski definition) is 6. The number of hydrogen-bond donors (Lipinski definition) is 1. The molecule has 1 aromatic heterocycles. The standard InChI is InChI=1S/C13H8N2O4/c16-12-7-9(13(17)19-15-18-12)11-6-5-8-3-1-2-4-10(8)14-11/h1-7,15H. The van der Waals surface area contributed by atoms with Crippen LogP contribution in [-0.4, -0.2) is 16.9 Å². The Hall–Kier alpha value is -2.73. The van der Waals surface area contributed by atoms with Crippen molar-refractivity contribution in [2.75, 3.05) is 0 Å². The number of carbonyl (C=O) groups is 2. The van der Waals surface area contributed by atoms with Gasteiger partial charge < -0.3 is 9.68 Å². The van der Waals surface area contributed by atoms with E-state index in [9.17, 15) is 9.59 Å². The highest BCUT2D eigenvalue weighted by Gasteiger charge is 2.21. The van der Waals surface area contributed by atoms with Crippen molar-refractivity contribution in [1.82, 2.24) is 10.6 Å². The van der Waals surface area contributed by atoms with Crippen molar-refractivity contribution < 1.29 is 19.3 Å². The average Bonchev–Trinajstić information content (AvgIpc) is 2.60. The smallest absolute Gasteiger partial charge is 0.331 e. The predicted octanol–water partition coefficient (Wildman–Crippen LogP) is 1.14. The van der Waals surface area contributed by atoms with Gasteiger partial charge in [-0.05, 0) is 12.1 Å². The van der Waals surface area contributed by atoms with Crippen molar-refractivity contribution in [2.45, 2.75) is 0 Å². The van der Waals surface area contributed by atoms with Gasteiger partial charge in [0.2, 0.25) is 0 Å². The summed E-state index contributed by atoms with van der Waals surface area (Å²) in [4.78, 5) is 36.1. The van der Waals surface area contributed by atoms with Gasteiger partial charge in [0.25, 0.3) is 0 Å². The minimum absolute atomic E-state index is 0.0424. The van der Waals surface area contributed by atoms with Gasteiger partial charge in [-0.15, -0.1) is 0 Å². The molecule has 0 amide bonds. The Labute approximate surface area is 107 Å². The largest absolute Gasteiger partial charge is 0.362 e. The fourth-order valence-corrected chi connectivity index (χ4v) is 1.76. The maximum atomic E-state index is 11.7. The normalized spacial score (nSPS) is 15.5. The zero-order valence-electron chi connectivity index (χ0n) is 9.62. The number of pyridine rings is 1. The third-order valence-electron chi connectivity index (χ3n) is 2.63. The Morgan fingerprint density at radius 1 is 1.00 bits per heavy atom. The Morgan fingerprint density at radius 2 is 1.84 bits per heavy atom. The molecule has 19 heavy (non-hydrogen) atoms. The lowest BCUT2D eigenvalue weighted by molar-refractivity contribution is -0.188. The Morgan fingerprint density at radius 3 is 2.74 bits per heavy atom. The fourth-order valence-electron chi connectivity index (χ4n) is 1.76. The number of nitrogens with zero attached hydrogens (tertiary/aromatic N) is 1. The topological polar surface area (TPSA) is 77.5 Å². The third kappa shape index (κ3) is 2.16. The Balaban J connectivity index is 2.12. The lowest BCUT2D eigenvalue weighted by atomic mass is 10.1. The van der Waals surface area contributed by atoms with Crippen molar-refractivity contribution >= 4 is 28.4 Å². The van der Waals surface area contributed by atoms with Gasteiger partial charge >= 0.3 is 11.9 Å². The van der Waals surface area contributed by atoms with Gasteiger partial charge in [0, 0.05) is 17.1 Å². The van der Waals surface area contributed by atoms with Gasteiger partial charge in [0.05, 0.1) is 16.8 Å². The number of nitrogens with one attached hydrogen (secondary N) is 1. The zero-order valence-corrected chi connectivity index (χ0v) is 9.62. The van der Waals surface area contributed by atoms with Crippen LogP contribution in [0.2, 0.25) is 0 Å². The zero-order chi connectivity index (χ0) is 13.2. The van der Waals surface area contributed by atoms with E-state index in [2.05, 4.69) is 14.7 Å². The molecule has 1 aromatic carbocycles. The van der Waals surface area contributed by atoms with Crippen molar-refractivity contribution in [3.05, 3.63) is 48.2 Å². The van der Waals surface area contributed by atoms with Gasteiger partial charge in [-0.1, -0.05) is 24.3 Å². The first-order valence-electron chi connectivity index (χ1n) is 5.49.